The van der Waals surface area contributed by atoms with Crippen LogP contribution in [0.2, 0.25) is 0 Å². The minimum absolute atomic E-state index is 0.412. The van der Waals surface area contributed by atoms with Gasteiger partial charge in [-0.25, -0.2) is 4.98 Å². The molecule has 2 aromatic rings. The van der Waals surface area contributed by atoms with E-state index in [9.17, 15) is 4.79 Å². The summed E-state index contributed by atoms with van der Waals surface area (Å²) in [5.41, 5.74) is 7.83. The lowest BCUT2D eigenvalue weighted by molar-refractivity contribution is -0.142. The van der Waals surface area contributed by atoms with Gasteiger partial charge in [-0.05, 0) is 18.1 Å². The first-order valence-electron chi connectivity index (χ1n) is 7.58. The third-order valence-corrected chi connectivity index (χ3v) is 3.76. The molecule has 0 aliphatic rings. The number of hydrogen-bond acceptors (Lipinski definition) is 5. The Morgan fingerprint density at radius 2 is 2.17 bits per heavy atom. The van der Waals surface area contributed by atoms with Gasteiger partial charge in [0.1, 0.15) is 17.6 Å². The highest BCUT2D eigenvalue weighted by Gasteiger charge is 2.15. The maximum absolute atomic E-state index is 11.5. The predicted molar refractivity (Wildman–Crippen MR) is 87.4 cm³/mol. The third kappa shape index (κ3) is 4.10. The van der Waals surface area contributed by atoms with Crippen LogP contribution < -0.4 is 10.5 Å². The van der Waals surface area contributed by atoms with Gasteiger partial charge < -0.3 is 19.8 Å². The zero-order valence-corrected chi connectivity index (χ0v) is 13.8. The molecule has 0 fully saturated rings. The van der Waals surface area contributed by atoms with E-state index < -0.39 is 12.0 Å². The van der Waals surface area contributed by atoms with E-state index in [0.29, 0.717) is 13.0 Å². The molecule has 0 aliphatic carbocycles. The van der Waals surface area contributed by atoms with Crippen LogP contribution >= 0.6 is 0 Å². The summed E-state index contributed by atoms with van der Waals surface area (Å²) in [6.07, 6.45) is 5.03. The van der Waals surface area contributed by atoms with Gasteiger partial charge in [0, 0.05) is 24.4 Å². The van der Waals surface area contributed by atoms with Gasteiger partial charge in [0.2, 0.25) is 0 Å². The lowest BCUT2D eigenvalue weighted by Crippen LogP contribution is -2.33. The Bertz CT molecular complexity index is 667. The predicted octanol–water partition coefficient (Wildman–Crippen LogP) is 1.55. The number of nitrogens with two attached hydrogens (primary N) is 1. The van der Waals surface area contributed by atoms with Crippen molar-refractivity contribution in [3.05, 3.63) is 47.5 Å². The zero-order chi connectivity index (χ0) is 16.8. The molecule has 1 unspecified atom stereocenters. The van der Waals surface area contributed by atoms with Crippen LogP contribution in [0.5, 0.6) is 5.75 Å². The molecule has 1 aromatic heterocycles. The Kier molecular flexibility index (Phi) is 5.76. The molecule has 0 radical (unpaired) electrons. The summed E-state index contributed by atoms with van der Waals surface area (Å²) < 4.78 is 12.2. The van der Waals surface area contributed by atoms with Crippen LogP contribution in [0.3, 0.4) is 0 Å². The Labute approximate surface area is 136 Å². The molecule has 1 heterocycles. The average molecular weight is 317 g/mol. The van der Waals surface area contributed by atoms with Gasteiger partial charge in [0.25, 0.3) is 0 Å². The summed E-state index contributed by atoms with van der Waals surface area (Å²) in [6.45, 7) is 2.73. The summed E-state index contributed by atoms with van der Waals surface area (Å²) in [5, 5.41) is 0. The van der Waals surface area contributed by atoms with Gasteiger partial charge in [-0.15, -0.1) is 0 Å². The number of aromatic nitrogens is 2. The number of carbonyl (C=O) groups excluding carboxylic acids is 1. The van der Waals surface area contributed by atoms with Crippen LogP contribution in [0, 0.1) is 0 Å². The zero-order valence-electron chi connectivity index (χ0n) is 13.8. The van der Waals surface area contributed by atoms with Crippen molar-refractivity contribution in [3.8, 4) is 5.75 Å². The second-order valence-corrected chi connectivity index (χ2v) is 5.30. The smallest absolute Gasteiger partial charge is 0.322 e. The van der Waals surface area contributed by atoms with E-state index in [2.05, 4.69) is 21.2 Å². The van der Waals surface area contributed by atoms with Crippen molar-refractivity contribution >= 4 is 5.97 Å². The number of rotatable bonds is 7. The fourth-order valence-electron chi connectivity index (χ4n) is 2.55. The van der Waals surface area contributed by atoms with E-state index in [1.807, 2.05) is 24.4 Å². The number of esters is 1. The lowest BCUT2D eigenvalue weighted by Gasteiger charge is -2.14. The Balaban J connectivity index is 2.23. The molecule has 6 nitrogen and oxygen atoms in total. The van der Waals surface area contributed by atoms with Crippen molar-refractivity contribution in [1.82, 2.24) is 9.55 Å². The van der Waals surface area contributed by atoms with Crippen LogP contribution in [-0.4, -0.2) is 35.8 Å². The maximum Gasteiger partial charge on any atom is 0.322 e. The second kappa shape index (κ2) is 7.78. The highest BCUT2D eigenvalue weighted by atomic mass is 16.5. The first-order chi connectivity index (χ1) is 11.1. The first kappa shape index (κ1) is 17.0. The minimum Gasteiger partial charge on any atom is -0.496 e. The third-order valence-electron chi connectivity index (χ3n) is 3.76. The number of benzene rings is 1. The van der Waals surface area contributed by atoms with Crippen LogP contribution in [-0.2, 0) is 28.9 Å². The van der Waals surface area contributed by atoms with Gasteiger partial charge in [-0.1, -0.05) is 19.1 Å². The van der Waals surface area contributed by atoms with E-state index in [1.54, 1.807) is 13.3 Å². The lowest BCUT2D eigenvalue weighted by atomic mass is 10.0. The van der Waals surface area contributed by atoms with Crippen LogP contribution in [0.15, 0.2) is 30.6 Å². The molecular formula is C17H23N3O3. The van der Waals surface area contributed by atoms with E-state index >= 15 is 0 Å². The molecule has 0 spiro atoms. The molecule has 124 valence electrons. The summed E-state index contributed by atoms with van der Waals surface area (Å²) in [5.74, 6) is 1.41. The summed E-state index contributed by atoms with van der Waals surface area (Å²) in [7, 11) is 2.99. The van der Waals surface area contributed by atoms with Gasteiger partial charge in [0.05, 0.1) is 20.8 Å². The molecule has 0 aliphatic heterocycles. The second-order valence-electron chi connectivity index (χ2n) is 5.30. The van der Waals surface area contributed by atoms with Crippen molar-refractivity contribution in [2.75, 3.05) is 14.2 Å². The summed E-state index contributed by atoms with van der Waals surface area (Å²) in [6, 6.07) is 5.17. The number of nitrogens with zero attached hydrogens (tertiary/aromatic N) is 2. The molecule has 0 amide bonds. The van der Waals surface area contributed by atoms with Gasteiger partial charge in [-0.3, -0.25) is 4.79 Å². The van der Waals surface area contributed by atoms with Crippen molar-refractivity contribution < 1.29 is 14.3 Å². The molecule has 0 saturated heterocycles. The van der Waals surface area contributed by atoms with Crippen molar-refractivity contribution in [2.45, 2.75) is 32.4 Å². The van der Waals surface area contributed by atoms with Crippen molar-refractivity contribution in [2.24, 2.45) is 5.73 Å². The normalized spacial score (nSPS) is 12.0. The number of hydrogen-bond donors (Lipinski definition) is 1. The first-order valence-corrected chi connectivity index (χ1v) is 7.58. The molecular weight excluding hydrogens is 294 g/mol. The van der Waals surface area contributed by atoms with E-state index in [4.69, 9.17) is 10.5 Å². The molecule has 6 heteroatoms. The monoisotopic (exact) mass is 317 g/mol. The minimum atomic E-state index is -0.666. The SMILES string of the molecule is CCc1nccn1Cc1cc(CC(N)C(=O)OC)ccc1OC. The molecule has 23 heavy (non-hydrogen) atoms. The van der Waals surface area contributed by atoms with E-state index in [0.717, 1.165) is 29.1 Å². The number of imidazole rings is 1. The molecule has 1 atom stereocenters. The largest absolute Gasteiger partial charge is 0.496 e. The van der Waals surface area contributed by atoms with Crippen molar-refractivity contribution in [3.63, 3.8) is 0 Å². The Morgan fingerprint density at radius 3 is 2.83 bits per heavy atom. The van der Waals surface area contributed by atoms with Crippen molar-refractivity contribution in [1.29, 1.82) is 0 Å². The van der Waals surface area contributed by atoms with Gasteiger partial charge in [0.15, 0.2) is 0 Å². The Morgan fingerprint density at radius 1 is 1.39 bits per heavy atom. The van der Waals surface area contributed by atoms with E-state index in [1.165, 1.54) is 7.11 Å². The van der Waals surface area contributed by atoms with Gasteiger partial charge in [-0.2, -0.15) is 0 Å². The van der Waals surface area contributed by atoms with Crippen LogP contribution in [0.4, 0.5) is 0 Å². The molecule has 0 bridgehead atoms. The quantitative estimate of drug-likeness (QED) is 0.784. The molecule has 1 aromatic carbocycles. The standard InChI is InChI=1S/C17H23N3O3/c1-4-16-19-7-8-20(16)11-13-9-12(5-6-15(13)22-2)10-14(18)17(21)23-3/h5-9,14H,4,10-11,18H2,1-3H3. The van der Waals surface area contributed by atoms with Gasteiger partial charge >= 0.3 is 5.97 Å². The van der Waals surface area contributed by atoms with E-state index in [-0.39, 0.29) is 0 Å². The molecule has 2 N–H and O–H groups in total. The summed E-state index contributed by atoms with van der Waals surface area (Å²) >= 11 is 0. The fraction of sp³-hybridized carbons (Fsp3) is 0.412. The average Bonchev–Trinajstić information content (AvgIpc) is 3.01. The molecule has 0 saturated carbocycles. The number of methoxy groups -OCH3 is 2. The fourth-order valence-corrected chi connectivity index (χ4v) is 2.55. The number of aryl methyl sites for hydroxylation is 1. The molecule has 2 rings (SSSR count). The maximum atomic E-state index is 11.5. The van der Waals surface area contributed by atoms with Crippen LogP contribution in [0.1, 0.15) is 23.9 Å². The highest BCUT2D eigenvalue weighted by molar-refractivity contribution is 5.75. The number of carbonyl (C=O) groups is 1. The van der Waals surface area contributed by atoms with Crippen LogP contribution in [0.25, 0.3) is 0 Å². The number of ether oxygens (including phenoxy) is 2. The highest BCUT2D eigenvalue weighted by Crippen LogP contribution is 2.22. The Hall–Kier alpha value is -2.34. The topological polar surface area (TPSA) is 79.4 Å². The summed E-state index contributed by atoms with van der Waals surface area (Å²) in [4.78, 5) is 15.8.